The number of carbonyl (C=O) groups excluding carboxylic acids is 1. The maximum atomic E-state index is 11.4. The predicted octanol–water partition coefficient (Wildman–Crippen LogP) is 1.51. The summed E-state index contributed by atoms with van der Waals surface area (Å²) < 4.78 is 15.6. The number of ether oxygens (including phenoxy) is 3. The standard InChI is InChI=1S/C11H20O4Si/c1-5-8-15-10(12)9(4)16-11(13-6-2)14-7-3/h11H,4-8H2,1-3H3. The largest absolute Gasteiger partial charge is 0.463 e. The van der Waals surface area contributed by atoms with Gasteiger partial charge in [-0.15, -0.1) is 0 Å². The molecule has 0 unspecified atom stereocenters. The van der Waals surface area contributed by atoms with Crippen LogP contribution in [-0.4, -0.2) is 41.2 Å². The summed E-state index contributed by atoms with van der Waals surface area (Å²) in [4.78, 5) is 11.4. The first-order valence-corrected chi connectivity index (χ1v) is 6.59. The highest BCUT2D eigenvalue weighted by atomic mass is 28.2. The summed E-state index contributed by atoms with van der Waals surface area (Å²) in [7, 11) is 0.0889. The number of rotatable bonds is 9. The van der Waals surface area contributed by atoms with Gasteiger partial charge in [0.2, 0.25) is 0 Å². The van der Waals surface area contributed by atoms with Crippen molar-refractivity contribution in [2.75, 3.05) is 19.8 Å². The molecule has 0 N–H and O–H groups in total. The lowest BCUT2D eigenvalue weighted by Gasteiger charge is -2.16. The molecule has 0 atom stereocenters. The third-order valence-corrected chi connectivity index (χ3v) is 2.73. The van der Waals surface area contributed by atoms with Gasteiger partial charge in [-0.1, -0.05) is 13.5 Å². The molecule has 0 rings (SSSR count). The molecule has 0 aromatic heterocycles. The topological polar surface area (TPSA) is 44.8 Å². The number of hydrogen-bond acceptors (Lipinski definition) is 4. The van der Waals surface area contributed by atoms with Crippen LogP contribution in [0.15, 0.2) is 11.8 Å². The van der Waals surface area contributed by atoms with Crippen LogP contribution in [0.25, 0.3) is 0 Å². The normalized spacial score (nSPS) is 10.5. The minimum absolute atomic E-state index is 0.0889. The second-order valence-electron chi connectivity index (χ2n) is 3.00. The van der Waals surface area contributed by atoms with Gasteiger partial charge >= 0.3 is 5.97 Å². The molecule has 0 aromatic rings. The Balaban J connectivity index is 4.01. The van der Waals surface area contributed by atoms with Gasteiger partial charge in [0.05, 0.1) is 6.61 Å². The van der Waals surface area contributed by atoms with Crippen molar-refractivity contribution in [2.24, 2.45) is 0 Å². The Hall–Kier alpha value is -0.653. The predicted molar refractivity (Wildman–Crippen MR) is 63.2 cm³/mol. The molecule has 92 valence electrons. The minimum atomic E-state index is -0.378. The van der Waals surface area contributed by atoms with E-state index in [1.807, 2.05) is 20.8 Å². The molecular weight excluding hydrogens is 224 g/mol. The van der Waals surface area contributed by atoms with Gasteiger partial charge in [0, 0.05) is 18.4 Å². The van der Waals surface area contributed by atoms with Crippen molar-refractivity contribution in [1.29, 1.82) is 0 Å². The van der Waals surface area contributed by atoms with Crippen LogP contribution in [0.5, 0.6) is 0 Å². The van der Waals surface area contributed by atoms with Gasteiger partial charge in [0.25, 0.3) is 0 Å². The highest BCUT2D eigenvalue weighted by Gasteiger charge is 2.17. The Kier molecular flexibility index (Phi) is 9.17. The fourth-order valence-corrected chi connectivity index (χ4v) is 1.89. The van der Waals surface area contributed by atoms with Gasteiger partial charge in [0.15, 0.2) is 9.52 Å². The molecule has 4 nitrogen and oxygen atoms in total. The second-order valence-corrected chi connectivity index (χ2v) is 4.37. The average Bonchev–Trinajstić information content (AvgIpc) is 2.26. The molecule has 0 amide bonds. The highest BCUT2D eigenvalue weighted by molar-refractivity contribution is 6.53. The molecule has 0 saturated carbocycles. The van der Waals surface area contributed by atoms with Crippen molar-refractivity contribution in [2.45, 2.75) is 33.1 Å². The lowest BCUT2D eigenvalue weighted by molar-refractivity contribution is -0.138. The lowest BCUT2D eigenvalue weighted by Crippen LogP contribution is -2.29. The fraction of sp³-hybridized carbons (Fsp3) is 0.727. The summed E-state index contributed by atoms with van der Waals surface area (Å²) in [6, 6.07) is 0. The number of esters is 1. The molecule has 0 aromatic carbocycles. The van der Waals surface area contributed by atoms with E-state index in [9.17, 15) is 4.79 Å². The quantitative estimate of drug-likeness (QED) is 0.267. The first kappa shape index (κ1) is 15.3. The first-order chi connectivity index (χ1) is 7.65. The first-order valence-electron chi connectivity index (χ1n) is 5.51. The van der Waals surface area contributed by atoms with Gasteiger partial charge in [-0.3, -0.25) is 0 Å². The van der Waals surface area contributed by atoms with Gasteiger partial charge < -0.3 is 14.2 Å². The summed E-state index contributed by atoms with van der Waals surface area (Å²) in [6.45, 7) is 10.9. The van der Waals surface area contributed by atoms with Crippen LogP contribution in [0, 0.1) is 0 Å². The van der Waals surface area contributed by atoms with E-state index in [4.69, 9.17) is 14.2 Å². The Labute approximate surface area is 99.8 Å². The summed E-state index contributed by atoms with van der Waals surface area (Å²) in [5, 5.41) is 0.417. The van der Waals surface area contributed by atoms with Gasteiger partial charge in [-0.2, -0.15) is 0 Å². The zero-order valence-electron chi connectivity index (χ0n) is 10.2. The average molecular weight is 244 g/mol. The number of hydrogen-bond donors (Lipinski definition) is 0. The molecule has 0 fully saturated rings. The van der Waals surface area contributed by atoms with Crippen molar-refractivity contribution in [3.63, 3.8) is 0 Å². The molecule has 2 radical (unpaired) electrons. The summed E-state index contributed by atoms with van der Waals surface area (Å²) >= 11 is 0. The van der Waals surface area contributed by atoms with E-state index in [1.165, 1.54) is 0 Å². The maximum absolute atomic E-state index is 11.4. The Morgan fingerprint density at radius 1 is 1.25 bits per heavy atom. The lowest BCUT2D eigenvalue weighted by atomic mass is 10.5. The van der Waals surface area contributed by atoms with Gasteiger partial charge in [-0.05, 0) is 20.3 Å². The van der Waals surface area contributed by atoms with Crippen LogP contribution in [0.4, 0.5) is 0 Å². The van der Waals surface area contributed by atoms with Crippen LogP contribution >= 0.6 is 0 Å². The third kappa shape index (κ3) is 6.76. The van der Waals surface area contributed by atoms with Crippen molar-refractivity contribution >= 4 is 15.5 Å². The van der Waals surface area contributed by atoms with Crippen molar-refractivity contribution in [3.8, 4) is 0 Å². The zero-order chi connectivity index (χ0) is 12.4. The molecule has 0 heterocycles. The van der Waals surface area contributed by atoms with Gasteiger partial charge in [0.1, 0.15) is 5.91 Å². The molecule has 0 aliphatic carbocycles. The van der Waals surface area contributed by atoms with Crippen LogP contribution in [0.2, 0.25) is 0 Å². The maximum Gasteiger partial charge on any atom is 0.329 e. The fourth-order valence-electron chi connectivity index (χ4n) is 0.917. The Morgan fingerprint density at radius 3 is 2.25 bits per heavy atom. The Bertz CT molecular complexity index is 212. The highest BCUT2D eigenvalue weighted by Crippen LogP contribution is 2.01. The molecule has 5 heteroatoms. The zero-order valence-corrected chi connectivity index (χ0v) is 11.2. The van der Waals surface area contributed by atoms with Crippen molar-refractivity contribution in [1.82, 2.24) is 0 Å². The van der Waals surface area contributed by atoms with E-state index in [-0.39, 0.29) is 21.4 Å². The molecule has 16 heavy (non-hydrogen) atoms. The van der Waals surface area contributed by atoms with Crippen LogP contribution in [-0.2, 0) is 19.0 Å². The Morgan fingerprint density at radius 2 is 1.81 bits per heavy atom. The smallest absolute Gasteiger partial charge is 0.329 e. The molecule has 0 bridgehead atoms. The monoisotopic (exact) mass is 244 g/mol. The van der Waals surface area contributed by atoms with E-state index in [2.05, 4.69) is 6.58 Å². The molecule has 0 aliphatic rings. The van der Waals surface area contributed by atoms with Crippen LogP contribution in [0.1, 0.15) is 27.2 Å². The summed E-state index contributed by atoms with van der Waals surface area (Å²) in [6.07, 6.45) is 0.808. The second kappa shape index (κ2) is 9.56. The summed E-state index contributed by atoms with van der Waals surface area (Å²) in [5.41, 5.74) is 0. The van der Waals surface area contributed by atoms with Crippen molar-refractivity contribution < 1.29 is 19.0 Å². The molecule has 0 aliphatic heterocycles. The van der Waals surface area contributed by atoms with Crippen LogP contribution < -0.4 is 0 Å². The van der Waals surface area contributed by atoms with Crippen LogP contribution in [0.3, 0.4) is 0 Å². The SMILES string of the molecule is C=C([Si]C(OCC)OCC)C(=O)OCCC. The van der Waals surface area contributed by atoms with E-state index in [0.29, 0.717) is 25.0 Å². The molecular formula is C11H20O4Si. The van der Waals surface area contributed by atoms with Gasteiger partial charge in [-0.25, -0.2) is 4.79 Å². The minimum Gasteiger partial charge on any atom is -0.463 e. The molecule has 0 saturated heterocycles. The van der Waals surface area contributed by atoms with E-state index >= 15 is 0 Å². The third-order valence-electron chi connectivity index (χ3n) is 1.61. The van der Waals surface area contributed by atoms with Crippen molar-refractivity contribution in [3.05, 3.63) is 11.8 Å². The molecule has 0 spiro atoms. The van der Waals surface area contributed by atoms with E-state index < -0.39 is 0 Å². The summed E-state index contributed by atoms with van der Waals surface area (Å²) in [5.74, 6) is -0.735. The van der Waals surface area contributed by atoms with E-state index in [0.717, 1.165) is 6.42 Å². The number of carbonyl (C=O) groups is 1. The van der Waals surface area contributed by atoms with E-state index in [1.54, 1.807) is 0 Å².